The Balaban J connectivity index is 1.72. The van der Waals surface area contributed by atoms with Gasteiger partial charge in [-0.15, -0.1) is 0 Å². The SMILES string of the molecule is CCN(Cc1cc(C)c(OCc2ccc(C)cc2)c(C)c1)C(=O)c1cnccn1. The van der Waals surface area contributed by atoms with E-state index in [2.05, 4.69) is 53.3 Å². The molecule has 3 rings (SSSR count). The van der Waals surface area contributed by atoms with E-state index in [9.17, 15) is 4.79 Å². The molecule has 1 aromatic heterocycles. The second kappa shape index (κ2) is 9.32. The highest BCUT2D eigenvalue weighted by Gasteiger charge is 2.17. The lowest BCUT2D eigenvalue weighted by atomic mass is 10.0. The third-order valence-electron chi connectivity index (χ3n) is 4.85. The highest BCUT2D eigenvalue weighted by molar-refractivity contribution is 5.91. The molecule has 0 bridgehead atoms. The molecule has 150 valence electrons. The van der Waals surface area contributed by atoms with Crippen molar-refractivity contribution in [2.24, 2.45) is 0 Å². The molecule has 1 heterocycles. The first kappa shape index (κ1) is 20.5. The first-order chi connectivity index (χ1) is 14.0. The van der Waals surface area contributed by atoms with Crippen molar-refractivity contribution >= 4 is 5.91 Å². The van der Waals surface area contributed by atoms with Crippen molar-refractivity contribution in [3.05, 3.63) is 88.5 Å². The fraction of sp³-hybridized carbons (Fsp3) is 0.292. The lowest BCUT2D eigenvalue weighted by molar-refractivity contribution is 0.0746. The van der Waals surface area contributed by atoms with Gasteiger partial charge in [-0.2, -0.15) is 0 Å². The van der Waals surface area contributed by atoms with Gasteiger partial charge in [0.25, 0.3) is 5.91 Å². The normalized spacial score (nSPS) is 10.6. The van der Waals surface area contributed by atoms with E-state index in [1.807, 2.05) is 20.8 Å². The highest BCUT2D eigenvalue weighted by Crippen LogP contribution is 2.26. The van der Waals surface area contributed by atoms with E-state index in [1.54, 1.807) is 11.1 Å². The summed E-state index contributed by atoms with van der Waals surface area (Å²) in [5.41, 5.74) is 5.94. The van der Waals surface area contributed by atoms with Crippen molar-refractivity contribution in [3.8, 4) is 5.75 Å². The molecule has 29 heavy (non-hydrogen) atoms. The summed E-state index contributed by atoms with van der Waals surface area (Å²) in [5.74, 6) is 0.785. The minimum absolute atomic E-state index is 0.115. The standard InChI is InChI=1S/C24H27N3O2/c1-5-27(24(28)22-14-25-10-11-26-22)15-21-12-18(3)23(19(4)13-21)29-16-20-8-6-17(2)7-9-20/h6-14H,5,15-16H2,1-4H3. The van der Waals surface area contributed by atoms with Crippen LogP contribution >= 0.6 is 0 Å². The Morgan fingerprint density at radius 2 is 1.69 bits per heavy atom. The molecule has 0 saturated carbocycles. The lowest BCUT2D eigenvalue weighted by Crippen LogP contribution is -2.31. The highest BCUT2D eigenvalue weighted by atomic mass is 16.5. The first-order valence-corrected chi connectivity index (χ1v) is 9.81. The molecule has 3 aromatic rings. The molecule has 0 N–H and O–H groups in total. The molecule has 0 radical (unpaired) electrons. The molecule has 0 saturated heterocycles. The number of aryl methyl sites for hydroxylation is 3. The molecule has 0 fully saturated rings. The molecule has 5 nitrogen and oxygen atoms in total. The minimum Gasteiger partial charge on any atom is -0.488 e. The molecule has 5 heteroatoms. The van der Waals surface area contributed by atoms with Gasteiger partial charge in [-0.05, 0) is 49.9 Å². The molecular weight excluding hydrogens is 362 g/mol. The number of benzene rings is 2. The fourth-order valence-electron chi connectivity index (χ4n) is 3.32. The Hall–Kier alpha value is -3.21. The third kappa shape index (κ3) is 5.19. The van der Waals surface area contributed by atoms with Crippen LogP contribution in [0.2, 0.25) is 0 Å². The number of rotatable bonds is 7. The Morgan fingerprint density at radius 1 is 1.00 bits per heavy atom. The van der Waals surface area contributed by atoms with Gasteiger partial charge >= 0.3 is 0 Å². The number of carbonyl (C=O) groups is 1. The summed E-state index contributed by atoms with van der Waals surface area (Å²) in [6.07, 6.45) is 4.61. The maximum atomic E-state index is 12.7. The molecule has 0 aliphatic rings. The van der Waals surface area contributed by atoms with Crippen molar-refractivity contribution in [1.82, 2.24) is 14.9 Å². The van der Waals surface area contributed by atoms with Crippen LogP contribution in [0.5, 0.6) is 5.75 Å². The van der Waals surface area contributed by atoms with Gasteiger partial charge in [-0.1, -0.05) is 42.0 Å². The van der Waals surface area contributed by atoms with Crippen LogP contribution in [0.25, 0.3) is 0 Å². The van der Waals surface area contributed by atoms with Crippen molar-refractivity contribution < 1.29 is 9.53 Å². The molecule has 0 aliphatic carbocycles. The number of aromatic nitrogens is 2. The van der Waals surface area contributed by atoms with Crippen molar-refractivity contribution in [1.29, 1.82) is 0 Å². The quantitative estimate of drug-likeness (QED) is 0.591. The summed E-state index contributed by atoms with van der Waals surface area (Å²) < 4.78 is 6.10. The van der Waals surface area contributed by atoms with Gasteiger partial charge in [-0.25, -0.2) is 4.98 Å². The number of hydrogen-bond donors (Lipinski definition) is 0. The average Bonchev–Trinajstić information content (AvgIpc) is 2.73. The molecular formula is C24H27N3O2. The van der Waals surface area contributed by atoms with Gasteiger partial charge in [0.2, 0.25) is 0 Å². The van der Waals surface area contributed by atoms with Gasteiger partial charge < -0.3 is 9.64 Å². The second-order valence-corrected chi connectivity index (χ2v) is 7.24. The Kier molecular flexibility index (Phi) is 6.60. The zero-order valence-corrected chi connectivity index (χ0v) is 17.5. The molecule has 2 aromatic carbocycles. The zero-order chi connectivity index (χ0) is 20.8. The summed E-state index contributed by atoms with van der Waals surface area (Å²) in [7, 11) is 0. The van der Waals surface area contributed by atoms with Crippen LogP contribution in [0, 0.1) is 20.8 Å². The van der Waals surface area contributed by atoms with Crippen LogP contribution in [0.3, 0.4) is 0 Å². The maximum absolute atomic E-state index is 12.7. The van der Waals surface area contributed by atoms with Gasteiger partial charge in [0.1, 0.15) is 18.1 Å². The van der Waals surface area contributed by atoms with E-state index in [0.29, 0.717) is 25.4 Å². The van der Waals surface area contributed by atoms with Crippen molar-refractivity contribution in [3.63, 3.8) is 0 Å². The first-order valence-electron chi connectivity index (χ1n) is 9.81. The van der Waals surface area contributed by atoms with E-state index < -0.39 is 0 Å². The summed E-state index contributed by atoms with van der Waals surface area (Å²) in [6, 6.07) is 12.5. The van der Waals surface area contributed by atoms with Crippen LogP contribution in [-0.4, -0.2) is 27.3 Å². The van der Waals surface area contributed by atoms with Gasteiger partial charge in [0.05, 0.1) is 6.20 Å². The zero-order valence-electron chi connectivity index (χ0n) is 17.5. The van der Waals surface area contributed by atoms with Gasteiger partial charge in [0.15, 0.2) is 0 Å². The number of nitrogens with zero attached hydrogens (tertiary/aromatic N) is 3. The Labute approximate surface area is 172 Å². The van der Waals surface area contributed by atoms with Gasteiger partial charge in [-0.3, -0.25) is 9.78 Å². The number of hydrogen-bond acceptors (Lipinski definition) is 4. The predicted molar refractivity (Wildman–Crippen MR) is 114 cm³/mol. The molecule has 0 spiro atoms. The van der Waals surface area contributed by atoms with E-state index in [0.717, 1.165) is 28.0 Å². The van der Waals surface area contributed by atoms with E-state index >= 15 is 0 Å². The van der Waals surface area contributed by atoms with Crippen LogP contribution in [0.1, 0.15) is 45.2 Å². The average molecular weight is 389 g/mol. The van der Waals surface area contributed by atoms with Crippen LogP contribution in [0.15, 0.2) is 55.0 Å². The smallest absolute Gasteiger partial charge is 0.274 e. The fourth-order valence-corrected chi connectivity index (χ4v) is 3.32. The Bertz CT molecular complexity index is 946. The summed E-state index contributed by atoms with van der Waals surface area (Å²) in [4.78, 5) is 22.6. The van der Waals surface area contributed by atoms with Gasteiger partial charge in [0, 0.05) is 25.5 Å². The van der Waals surface area contributed by atoms with Crippen LogP contribution in [0.4, 0.5) is 0 Å². The van der Waals surface area contributed by atoms with Crippen molar-refractivity contribution in [2.75, 3.05) is 6.54 Å². The molecule has 0 atom stereocenters. The predicted octanol–water partition coefficient (Wildman–Crippen LogP) is 4.64. The van der Waals surface area contributed by atoms with E-state index in [1.165, 1.54) is 18.0 Å². The monoisotopic (exact) mass is 389 g/mol. The topological polar surface area (TPSA) is 55.3 Å². The summed E-state index contributed by atoms with van der Waals surface area (Å²) >= 11 is 0. The minimum atomic E-state index is -0.115. The lowest BCUT2D eigenvalue weighted by Gasteiger charge is -2.22. The molecule has 1 amide bonds. The van der Waals surface area contributed by atoms with Crippen molar-refractivity contribution in [2.45, 2.75) is 40.8 Å². The van der Waals surface area contributed by atoms with E-state index in [-0.39, 0.29) is 5.91 Å². The van der Waals surface area contributed by atoms with E-state index in [4.69, 9.17) is 4.74 Å². The molecule has 0 aliphatic heterocycles. The number of carbonyl (C=O) groups excluding carboxylic acids is 1. The van der Waals surface area contributed by atoms with Crippen LogP contribution < -0.4 is 4.74 Å². The number of amides is 1. The number of ether oxygens (including phenoxy) is 1. The third-order valence-corrected chi connectivity index (χ3v) is 4.85. The molecule has 0 unspecified atom stereocenters. The summed E-state index contributed by atoms with van der Waals surface area (Å²) in [5, 5.41) is 0. The largest absolute Gasteiger partial charge is 0.488 e. The second-order valence-electron chi connectivity index (χ2n) is 7.24. The maximum Gasteiger partial charge on any atom is 0.274 e. The van der Waals surface area contributed by atoms with Crippen LogP contribution in [-0.2, 0) is 13.2 Å². The summed E-state index contributed by atoms with van der Waals surface area (Å²) in [6.45, 7) is 9.78. The Morgan fingerprint density at radius 3 is 2.28 bits per heavy atom.